The molecule has 0 aromatic rings. The first kappa shape index (κ1) is 13.9. The molecule has 3 heteroatoms. The summed E-state index contributed by atoms with van der Waals surface area (Å²) in [6, 6.07) is 0. The molecule has 0 heterocycles. The van der Waals surface area contributed by atoms with Gasteiger partial charge in [0.15, 0.2) is 0 Å². The zero-order chi connectivity index (χ0) is 11.0. The third-order valence-corrected chi connectivity index (χ3v) is 2.67. The van der Waals surface area contributed by atoms with E-state index >= 15 is 0 Å². The van der Waals surface area contributed by atoms with Gasteiger partial charge in [0, 0.05) is 6.54 Å². The predicted molar refractivity (Wildman–Crippen MR) is 59.2 cm³/mol. The Hall–Kier alpha value is -0.120. The van der Waals surface area contributed by atoms with Crippen LogP contribution in [0.15, 0.2) is 0 Å². The Labute approximate surface area is 87.6 Å². The Balaban J connectivity index is 3.57. The van der Waals surface area contributed by atoms with Crippen LogP contribution >= 0.6 is 0 Å². The summed E-state index contributed by atoms with van der Waals surface area (Å²) in [7, 11) is 0. The molecule has 0 fully saturated rings. The van der Waals surface area contributed by atoms with Gasteiger partial charge in [-0.25, -0.2) is 0 Å². The van der Waals surface area contributed by atoms with Crippen LogP contribution in [0.5, 0.6) is 0 Å². The van der Waals surface area contributed by atoms with Crippen molar-refractivity contribution in [1.29, 1.82) is 0 Å². The molecule has 3 N–H and O–H groups in total. The fourth-order valence-electron chi connectivity index (χ4n) is 1.59. The fourth-order valence-corrected chi connectivity index (χ4v) is 1.59. The number of aliphatic hydroxyl groups is 1. The summed E-state index contributed by atoms with van der Waals surface area (Å²) < 4.78 is 5.46. The van der Waals surface area contributed by atoms with Crippen molar-refractivity contribution < 1.29 is 9.84 Å². The molecule has 3 nitrogen and oxygen atoms in total. The monoisotopic (exact) mass is 203 g/mol. The Morgan fingerprint density at radius 2 is 1.93 bits per heavy atom. The molecule has 3 unspecified atom stereocenters. The first-order valence-electron chi connectivity index (χ1n) is 5.61. The lowest BCUT2D eigenvalue weighted by molar-refractivity contribution is 0.0500. The van der Waals surface area contributed by atoms with Gasteiger partial charge in [-0.15, -0.1) is 0 Å². The lowest BCUT2D eigenvalue weighted by Crippen LogP contribution is -2.20. The van der Waals surface area contributed by atoms with Gasteiger partial charge in [0.25, 0.3) is 0 Å². The third kappa shape index (κ3) is 6.35. The Bertz CT molecular complexity index is 128. The second-order valence-electron chi connectivity index (χ2n) is 3.96. The van der Waals surface area contributed by atoms with Crippen molar-refractivity contribution in [1.82, 2.24) is 0 Å². The van der Waals surface area contributed by atoms with E-state index in [9.17, 15) is 5.11 Å². The summed E-state index contributed by atoms with van der Waals surface area (Å²) in [6.45, 7) is 7.25. The largest absolute Gasteiger partial charge is 0.393 e. The molecular formula is C11H25NO2. The normalized spacial score (nSPS) is 17.8. The molecule has 0 aromatic heterocycles. The van der Waals surface area contributed by atoms with Crippen molar-refractivity contribution in [3.63, 3.8) is 0 Å². The van der Waals surface area contributed by atoms with Gasteiger partial charge in [0.1, 0.15) is 0 Å². The maximum absolute atomic E-state index is 9.44. The molecule has 0 bridgehead atoms. The molecular weight excluding hydrogens is 178 g/mol. The molecule has 0 amide bonds. The van der Waals surface area contributed by atoms with E-state index in [4.69, 9.17) is 10.5 Å². The third-order valence-electron chi connectivity index (χ3n) is 2.67. The lowest BCUT2D eigenvalue weighted by atomic mass is 9.94. The number of ether oxygens (including phenoxy) is 1. The summed E-state index contributed by atoms with van der Waals surface area (Å²) in [5.41, 5.74) is 5.34. The lowest BCUT2D eigenvalue weighted by Gasteiger charge is -2.20. The summed E-state index contributed by atoms with van der Waals surface area (Å²) in [5, 5.41) is 9.44. The van der Waals surface area contributed by atoms with E-state index in [2.05, 4.69) is 13.8 Å². The molecule has 3 atom stereocenters. The predicted octanol–water partition coefficient (Wildman–Crippen LogP) is 1.54. The van der Waals surface area contributed by atoms with Crippen LogP contribution < -0.4 is 5.73 Å². The van der Waals surface area contributed by atoms with E-state index in [1.165, 1.54) is 0 Å². The van der Waals surface area contributed by atoms with Gasteiger partial charge in [-0.2, -0.15) is 0 Å². The zero-order valence-corrected chi connectivity index (χ0v) is 9.70. The average molecular weight is 203 g/mol. The summed E-state index contributed by atoms with van der Waals surface area (Å²) >= 11 is 0. The van der Waals surface area contributed by atoms with Crippen LogP contribution in [0.4, 0.5) is 0 Å². The number of rotatable bonds is 8. The second kappa shape index (κ2) is 8.21. The maximum Gasteiger partial charge on any atom is 0.0592 e. The molecule has 0 aliphatic rings. The second-order valence-corrected chi connectivity index (χ2v) is 3.96. The molecule has 0 saturated carbocycles. The molecule has 14 heavy (non-hydrogen) atoms. The number of nitrogens with two attached hydrogens (primary N) is 1. The van der Waals surface area contributed by atoms with E-state index in [1.807, 2.05) is 6.92 Å². The van der Waals surface area contributed by atoms with Crippen molar-refractivity contribution in [2.45, 2.75) is 52.2 Å². The van der Waals surface area contributed by atoms with Crippen LogP contribution in [0.1, 0.15) is 40.0 Å². The standard InChI is InChI=1S/C11H25NO2/c1-4-11(10(3)13)6-5-9(2)14-8-7-12/h9-11,13H,4-8,12H2,1-3H3. The van der Waals surface area contributed by atoms with E-state index in [-0.39, 0.29) is 12.2 Å². The maximum atomic E-state index is 9.44. The van der Waals surface area contributed by atoms with Gasteiger partial charge in [0.05, 0.1) is 18.8 Å². The minimum Gasteiger partial charge on any atom is -0.393 e. The summed E-state index contributed by atoms with van der Waals surface area (Å²) in [5.74, 6) is 0.402. The Morgan fingerprint density at radius 1 is 1.29 bits per heavy atom. The number of hydrogen-bond donors (Lipinski definition) is 2. The molecule has 0 radical (unpaired) electrons. The smallest absolute Gasteiger partial charge is 0.0592 e. The molecule has 0 aromatic carbocycles. The van der Waals surface area contributed by atoms with Crippen LogP contribution in [-0.2, 0) is 4.74 Å². The van der Waals surface area contributed by atoms with Gasteiger partial charge in [0.2, 0.25) is 0 Å². The van der Waals surface area contributed by atoms with Crippen molar-refractivity contribution >= 4 is 0 Å². The molecule has 0 rings (SSSR count). The topological polar surface area (TPSA) is 55.5 Å². The van der Waals surface area contributed by atoms with Gasteiger partial charge >= 0.3 is 0 Å². The molecule has 0 saturated heterocycles. The van der Waals surface area contributed by atoms with E-state index in [0.717, 1.165) is 19.3 Å². The highest BCUT2D eigenvalue weighted by Crippen LogP contribution is 2.17. The van der Waals surface area contributed by atoms with Gasteiger partial charge in [-0.1, -0.05) is 13.3 Å². The van der Waals surface area contributed by atoms with Crippen molar-refractivity contribution in [2.24, 2.45) is 11.7 Å². The van der Waals surface area contributed by atoms with Crippen LogP contribution in [0.3, 0.4) is 0 Å². The number of aliphatic hydroxyl groups excluding tert-OH is 1. The summed E-state index contributed by atoms with van der Waals surface area (Å²) in [4.78, 5) is 0. The van der Waals surface area contributed by atoms with Crippen LogP contribution in [0.2, 0.25) is 0 Å². The minimum atomic E-state index is -0.207. The summed E-state index contributed by atoms with van der Waals surface area (Å²) in [6.07, 6.45) is 3.11. The van der Waals surface area contributed by atoms with Crippen LogP contribution in [0, 0.1) is 5.92 Å². The zero-order valence-electron chi connectivity index (χ0n) is 9.70. The first-order valence-corrected chi connectivity index (χ1v) is 5.61. The minimum absolute atomic E-state index is 0.207. The Morgan fingerprint density at radius 3 is 2.36 bits per heavy atom. The molecule has 0 aliphatic carbocycles. The molecule has 0 aliphatic heterocycles. The first-order chi connectivity index (χ1) is 6.61. The fraction of sp³-hybridized carbons (Fsp3) is 1.00. The van der Waals surface area contributed by atoms with Crippen molar-refractivity contribution in [3.8, 4) is 0 Å². The molecule has 86 valence electrons. The van der Waals surface area contributed by atoms with E-state index in [0.29, 0.717) is 19.1 Å². The SMILES string of the molecule is CCC(CCC(C)OCCN)C(C)O. The highest BCUT2D eigenvalue weighted by Gasteiger charge is 2.13. The van der Waals surface area contributed by atoms with E-state index in [1.54, 1.807) is 0 Å². The quantitative estimate of drug-likeness (QED) is 0.629. The molecule has 0 spiro atoms. The number of hydrogen-bond acceptors (Lipinski definition) is 3. The van der Waals surface area contributed by atoms with Crippen molar-refractivity contribution in [2.75, 3.05) is 13.2 Å². The van der Waals surface area contributed by atoms with Crippen molar-refractivity contribution in [3.05, 3.63) is 0 Å². The Kier molecular flexibility index (Phi) is 8.14. The van der Waals surface area contributed by atoms with Gasteiger partial charge < -0.3 is 15.6 Å². The highest BCUT2D eigenvalue weighted by atomic mass is 16.5. The van der Waals surface area contributed by atoms with Crippen LogP contribution in [-0.4, -0.2) is 30.5 Å². The highest BCUT2D eigenvalue weighted by molar-refractivity contribution is 4.65. The van der Waals surface area contributed by atoms with Gasteiger partial charge in [-0.3, -0.25) is 0 Å². The van der Waals surface area contributed by atoms with E-state index < -0.39 is 0 Å². The van der Waals surface area contributed by atoms with Crippen LogP contribution in [0.25, 0.3) is 0 Å². The average Bonchev–Trinajstić information content (AvgIpc) is 2.15. The van der Waals surface area contributed by atoms with Gasteiger partial charge in [-0.05, 0) is 32.6 Å².